The molecule has 10 nitrogen and oxygen atoms in total. The molecule has 0 N–H and O–H groups in total. The lowest BCUT2D eigenvalue weighted by Crippen LogP contribution is -2.24. The number of carbonyl (C=O) groups is 1. The molecular weight excluding hydrogens is 424 g/mol. The van der Waals surface area contributed by atoms with Gasteiger partial charge in [0.2, 0.25) is 0 Å². The molecule has 1 heterocycles. The van der Waals surface area contributed by atoms with E-state index >= 15 is 0 Å². The molecule has 0 aromatic carbocycles. The molecule has 188 valence electrons. The summed E-state index contributed by atoms with van der Waals surface area (Å²) in [4.78, 5) is 10.8. The summed E-state index contributed by atoms with van der Waals surface area (Å²) in [6.45, 7) is 10.7. The summed E-state index contributed by atoms with van der Waals surface area (Å²) >= 11 is 0. The third-order valence-corrected chi connectivity index (χ3v) is 4.17. The molecule has 1 aliphatic rings. The van der Waals surface area contributed by atoms with Crippen LogP contribution in [0.4, 0.5) is 0 Å². The number of hydrogen-bond acceptors (Lipinski definition) is 10. The molecule has 32 heavy (non-hydrogen) atoms. The van der Waals surface area contributed by atoms with Crippen LogP contribution in [0, 0.1) is 0 Å². The van der Waals surface area contributed by atoms with Crippen molar-refractivity contribution < 1.29 is 47.4 Å². The van der Waals surface area contributed by atoms with Gasteiger partial charge in [-0.15, -0.1) is 0 Å². The van der Waals surface area contributed by atoms with Crippen LogP contribution in [0.5, 0.6) is 0 Å². The number of rotatable bonds is 23. The van der Waals surface area contributed by atoms with E-state index in [1.165, 1.54) is 0 Å². The van der Waals surface area contributed by atoms with Crippen LogP contribution in [0.3, 0.4) is 0 Å². The third kappa shape index (κ3) is 19.6. The largest absolute Gasteiger partial charge is 0.460 e. The van der Waals surface area contributed by atoms with Crippen LogP contribution in [-0.4, -0.2) is 111 Å². The highest BCUT2D eigenvalue weighted by Crippen LogP contribution is 2.13. The van der Waals surface area contributed by atoms with E-state index in [-0.39, 0.29) is 12.9 Å². The average Bonchev–Trinajstić information content (AvgIpc) is 2.82. The van der Waals surface area contributed by atoms with Gasteiger partial charge in [0.15, 0.2) is 6.29 Å². The normalized spacial score (nSPS) is 16.2. The lowest BCUT2D eigenvalue weighted by molar-refractivity contribution is -0.169. The van der Waals surface area contributed by atoms with Crippen LogP contribution in [0.25, 0.3) is 0 Å². The van der Waals surface area contributed by atoms with Crippen molar-refractivity contribution in [3.63, 3.8) is 0 Å². The number of esters is 1. The lowest BCUT2D eigenvalue weighted by atomic mass is 10.2. The first-order valence-electron chi connectivity index (χ1n) is 11.3. The minimum Gasteiger partial charge on any atom is -0.460 e. The number of carbonyl (C=O) groups excluding carboxylic acids is 1. The van der Waals surface area contributed by atoms with E-state index in [4.69, 9.17) is 42.6 Å². The van der Waals surface area contributed by atoms with Gasteiger partial charge in [-0.2, -0.15) is 0 Å². The van der Waals surface area contributed by atoms with Gasteiger partial charge in [-0.25, -0.2) is 4.79 Å². The second kappa shape index (κ2) is 23.1. The van der Waals surface area contributed by atoms with Gasteiger partial charge in [0, 0.05) is 12.7 Å². The standard InChI is InChI=1S/C22H40O10/c1-2-21(23)30-19-17-28-15-13-26-11-9-24-7-8-25-10-12-27-14-16-29-18-20-32-22-5-3-4-6-31-22/h2,22H,1,3-20H2. The summed E-state index contributed by atoms with van der Waals surface area (Å²) in [5.74, 6) is -0.453. The van der Waals surface area contributed by atoms with Gasteiger partial charge in [-0.3, -0.25) is 0 Å². The predicted octanol–water partition coefficient (Wildman–Crippen LogP) is 1.36. The Hall–Kier alpha value is -1.11. The molecule has 1 saturated heterocycles. The smallest absolute Gasteiger partial charge is 0.330 e. The number of ether oxygens (including phenoxy) is 9. The molecule has 1 aliphatic heterocycles. The highest BCUT2D eigenvalue weighted by Gasteiger charge is 2.13. The zero-order chi connectivity index (χ0) is 23.0. The van der Waals surface area contributed by atoms with Crippen molar-refractivity contribution >= 4 is 5.97 Å². The van der Waals surface area contributed by atoms with Gasteiger partial charge in [0.1, 0.15) is 6.61 Å². The maximum absolute atomic E-state index is 10.8. The Kier molecular flexibility index (Phi) is 20.8. The van der Waals surface area contributed by atoms with Crippen molar-refractivity contribution in [3.8, 4) is 0 Å². The first-order chi connectivity index (χ1) is 15.8. The van der Waals surface area contributed by atoms with Gasteiger partial charge in [-0.05, 0) is 19.3 Å². The van der Waals surface area contributed by atoms with Crippen LogP contribution in [0.1, 0.15) is 19.3 Å². The highest BCUT2D eigenvalue weighted by atomic mass is 16.7. The fraction of sp³-hybridized carbons (Fsp3) is 0.864. The second-order valence-electron chi connectivity index (χ2n) is 6.71. The van der Waals surface area contributed by atoms with E-state index < -0.39 is 5.97 Å². The monoisotopic (exact) mass is 464 g/mol. The summed E-state index contributed by atoms with van der Waals surface area (Å²) in [6, 6.07) is 0. The van der Waals surface area contributed by atoms with Gasteiger partial charge < -0.3 is 42.6 Å². The van der Waals surface area contributed by atoms with E-state index in [0.29, 0.717) is 85.9 Å². The number of hydrogen-bond donors (Lipinski definition) is 0. The lowest BCUT2D eigenvalue weighted by Gasteiger charge is -2.22. The Morgan fingerprint density at radius 1 is 0.688 bits per heavy atom. The molecule has 1 atom stereocenters. The van der Waals surface area contributed by atoms with E-state index in [1.54, 1.807) is 0 Å². The minimum atomic E-state index is -0.453. The van der Waals surface area contributed by atoms with E-state index in [0.717, 1.165) is 31.9 Å². The highest BCUT2D eigenvalue weighted by molar-refractivity contribution is 5.81. The Morgan fingerprint density at radius 2 is 1.12 bits per heavy atom. The molecular formula is C22H40O10. The maximum atomic E-state index is 10.8. The fourth-order valence-electron chi connectivity index (χ4n) is 2.54. The summed E-state index contributed by atoms with van der Waals surface area (Å²) < 4.78 is 48.2. The van der Waals surface area contributed by atoms with Crippen LogP contribution in [0.2, 0.25) is 0 Å². The molecule has 0 saturated carbocycles. The van der Waals surface area contributed by atoms with Crippen molar-refractivity contribution in [2.75, 3.05) is 99.1 Å². The van der Waals surface area contributed by atoms with Crippen molar-refractivity contribution in [2.45, 2.75) is 25.6 Å². The molecule has 0 radical (unpaired) electrons. The van der Waals surface area contributed by atoms with E-state index in [2.05, 4.69) is 6.58 Å². The topological polar surface area (TPSA) is 100 Å². The molecule has 0 bridgehead atoms. The first kappa shape index (κ1) is 28.9. The fourth-order valence-corrected chi connectivity index (χ4v) is 2.54. The third-order valence-electron chi connectivity index (χ3n) is 4.17. The van der Waals surface area contributed by atoms with Crippen LogP contribution < -0.4 is 0 Å². The average molecular weight is 465 g/mol. The molecule has 0 spiro atoms. The Labute approximate surface area is 191 Å². The Balaban J connectivity index is 1.64. The zero-order valence-corrected chi connectivity index (χ0v) is 19.2. The van der Waals surface area contributed by atoms with Gasteiger partial charge in [-0.1, -0.05) is 6.58 Å². The molecule has 0 aliphatic carbocycles. The molecule has 0 aromatic heterocycles. The van der Waals surface area contributed by atoms with Crippen LogP contribution >= 0.6 is 0 Å². The summed E-state index contributed by atoms with van der Waals surface area (Å²) in [7, 11) is 0. The predicted molar refractivity (Wildman–Crippen MR) is 116 cm³/mol. The molecule has 1 unspecified atom stereocenters. The van der Waals surface area contributed by atoms with E-state index in [1.807, 2.05) is 0 Å². The molecule has 1 rings (SSSR count). The summed E-state index contributed by atoms with van der Waals surface area (Å²) in [5, 5.41) is 0. The quantitative estimate of drug-likeness (QED) is 0.125. The van der Waals surface area contributed by atoms with E-state index in [9.17, 15) is 4.79 Å². The maximum Gasteiger partial charge on any atom is 0.330 e. The second-order valence-corrected chi connectivity index (χ2v) is 6.71. The SMILES string of the molecule is C=CC(=O)OCCOCCOCCOCCOCCOCCOCCOC1CCCCO1. The van der Waals surface area contributed by atoms with Gasteiger partial charge >= 0.3 is 5.97 Å². The van der Waals surface area contributed by atoms with Crippen molar-refractivity contribution in [3.05, 3.63) is 12.7 Å². The Morgan fingerprint density at radius 3 is 1.53 bits per heavy atom. The van der Waals surface area contributed by atoms with Crippen molar-refractivity contribution in [1.29, 1.82) is 0 Å². The summed E-state index contributed by atoms with van der Waals surface area (Å²) in [5.41, 5.74) is 0. The van der Waals surface area contributed by atoms with Crippen molar-refractivity contribution in [2.24, 2.45) is 0 Å². The first-order valence-corrected chi connectivity index (χ1v) is 11.3. The van der Waals surface area contributed by atoms with Gasteiger partial charge in [0.05, 0.1) is 85.9 Å². The van der Waals surface area contributed by atoms with Gasteiger partial charge in [0.25, 0.3) is 0 Å². The minimum absolute atomic E-state index is 0.0647. The van der Waals surface area contributed by atoms with Crippen LogP contribution in [0.15, 0.2) is 12.7 Å². The van der Waals surface area contributed by atoms with Crippen LogP contribution in [-0.2, 0) is 47.4 Å². The molecule has 1 fully saturated rings. The Bertz CT molecular complexity index is 429. The van der Waals surface area contributed by atoms with Crippen molar-refractivity contribution in [1.82, 2.24) is 0 Å². The zero-order valence-electron chi connectivity index (χ0n) is 19.2. The summed E-state index contributed by atoms with van der Waals surface area (Å²) in [6.07, 6.45) is 4.31. The molecule has 10 heteroatoms. The molecule has 0 amide bonds. The molecule has 0 aromatic rings.